The fourth-order valence-corrected chi connectivity index (χ4v) is 4.34. The number of rotatable bonds is 5. The van der Waals surface area contributed by atoms with Crippen LogP contribution in [0.15, 0.2) is 60.8 Å². The van der Waals surface area contributed by atoms with Gasteiger partial charge in [-0.05, 0) is 42.3 Å². The van der Waals surface area contributed by atoms with Crippen LogP contribution in [0.5, 0.6) is 11.5 Å². The molecule has 1 atom stereocenters. The molecule has 0 N–H and O–H groups in total. The fourth-order valence-electron chi connectivity index (χ4n) is 4.34. The van der Waals surface area contributed by atoms with Crippen LogP contribution in [0.4, 0.5) is 13.2 Å². The maximum atomic E-state index is 13.1. The first-order valence-electron chi connectivity index (χ1n) is 10.2. The van der Waals surface area contributed by atoms with Gasteiger partial charge in [0.1, 0.15) is 0 Å². The van der Waals surface area contributed by atoms with Gasteiger partial charge in [-0.3, -0.25) is 4.90 Å². The molecule has 0 amide bonds. The Morgan fingerprint density at radius 2 is 1.71 bits per heavy atom. The Balaban J connectivity index is 1.74. The van der Waals surface area contributed by atoms with Crippen LogP contribution in [0.1, 0.15) is 34.8 Å². The van der Waals surface area contributed by atoms with Crippen molar-refractivity contribution in [1.29, 1.82) is 0 Å². The van der Waals surface area contributed by atoms with E-state index in [4.69, 9.17) is 9.47 Å². The monoisotopic (exact) mass is 430 g/mol. The third-order valence-corrected chi connectivity index (χ3v) is 5.77. The number of fused-ring (bicyclic) bond motifs is 1. The molecule has 0 saturated carbocycles. The van der Waals surface area contributed by atoms with Gasteiger partial charge in [-0.25, -0.2) is 0 Å². The van der Waals surface area contributed by atoms with Gasteiger partial charge in [-0.15, -0.1) is 0 Å². The first kappa shape index (κ1) is 21.3. The van der Waals surface area contributed by atoms with Crippen LogP contribution in [0.25, 0.3) is 0 Å². The maximum absolute atomic E-state index is 13.1. The molecule has 4 rings (SSSR count). The Morgan fingerprint density at radius 3 is 2.39 bits per heavy atom. The molecule has 2 heterocycles. The Bertz CT molecular complexity index is 1030. The van der Waals surface area contributed by atoms with E-state index < -0.39 is 11.7 Å². The summed E-state index contributed by atoms with van der Waals surface area (Å²) >= 11 is 0. The number of benzene rings is 2. The lowest BCUT2D eigenvalue weighted by Crippen LogP contribution is -2.29. The summed E-state index contributed by atoms with van der Waals surface area (Å²) in [5.74, 6) is 1.33. The molecule has 1 aliphatic rings. The zero-order valence-electron chi connectivity index (χ0n) is 17.5. The van der Waals surface area contributed by atoms with Crippen molar-refractivity contribution in [2.45, 2.75) is 31.7 Å². The number of ether oxygens (including phenoxy) is 2. The third-order valence-electron chi connectivity index (χ3n) is 5.77. The molecule has 4 nitrogen and oxygen atoms in total. The number of aryl methyl sites for hydroxylation is 1. The molecule has 0 aliphatic carbocycles. The lowest BCUT2D eigenvalue weighted by Gasteiger charge is -2.31. The molecule has 3 aromatic rings. The summed E-state index contributed by atoms with van der Waals surface area (Å²) in [7, 11) is 3.22. The number of methoxy groups -OCH3 is 2. The second-order valence-corrected chi connectivity index (χ2v) is 7.63. The van der Waals surface area contributed by atoms with Crippen LogP contribution in [0.3, 0.4) is 0 Å². The van der Waals surface area contributed by atoms with Crippen molar-refractivity contribution >= 4 is 0 Å². The summed E-state index contributed by atoms with van der Waals surface area (Å²) < 4.78 is 52.5. The molecule has 0 radical (unpaired) electrons. The van der Waals surface area contributed by atoms with Crippen molar-refractivity contribution in [2.24, 2.45) is 0 Å². The molecule has 164 valence electrons. The molecular weight excluding hydrogens is 405 g/mol. The molecule has 2 aromatic carbocycles. The number of aromatic nitrogens is 1. The Labute approximate surface area is 179 Å². The number of para-hydroxylation sites is 1. The summed E-state index contributed by atoms with van der Waals surface area (Å²) in [6.45, 7) is 2.25. The number of nitrogens with zero attached hydrogens (tertiary/aromatic N) is 2. The van der Waals surface area contributed by atoms with Gasteiger partial charge in [0.25, 0.3) is 0 Å². The molecule has 0 fully saturated rings. The number of halogens is 3. The van der Waals surface area contributed by atoms with Crippen molar-refractivity contribution in [3.05, 3.63) is 83.2 Å². The van der Waals surface area contributed by atoms with Gasteiger partial charge in [-0.1, -0.05) is 24.3 Å². The largest absolute Gasteiger partial charge is 0.493 e. The predicted molar refractivity (Wildman–Crippen MR) is 112 cm³/mol. The lowest BCUT2D eigenvalue weighted by atomic mass is 9.99. The molecule has 1 aromatic heterocycles. The van der Waals surface area contributed by atoms with E-state index in [1.54, 1.807) is 26.4 Å². The van der Waals surface area contributed by atoms with Gasteiger partial charge < -0.3 is 14.0 Å². The first-order chi connectivity index (χ1) is 14.9. The molecule has 7 heteroatoms. The highest BCUT2D eigenvalue weighted by Crippen LogP contribution is 2.38. The Morgan fingerprint density at radius 1 is 0.935 bits per heavy atom. The smallest absolute Gasteiger partial charge is 0.416 e. The van der Waals surface area contributed by atoms with Gasteiger partial charge in [0.15, 0.2) is 11.5 Å². The number of alkyl halides is 3. The third kappa shape index (κ3) is 4.28. The summed E-state index contributed by atoms with van der Waals surface area (Å²) in [4.78, 5) is 2.29. The average Bonchev–Trinajstić information content (AvgIpc) is 3.14. The highest BCUT2D eigenvalue weighted by atomic mass is 19.4. The van der Waals surface area contributed by atoms with E-state index >= 15 is 0 Å². The quantitative estimate of drug-likeness (QED) is 0.533. The highest BCUT2D eigenvalue weighted by molar-refractivity contribution is 5.47. The minimum Gasteiger partial charge on any atom is -0.493 e. The van der Waals surface area contributed by atoms with E-state index in [0.717, 1.165) is 48.5 Å². The van der Waals surface area contributed by atoms with E-state index in [1.165, 1.54) is 0 Å². The van der Waals surface area contributed by atoms with E-state index in [2.05, 4.69) is 9.47 Å². The Hall–Kier alpha value is -2.93. The molecular formula is C24H25F3N2O2. The van der Waals surface area contributed by atoms with Crippen LogP contribution in [-0.4, -0.2) is 30.2 Å². The van der Waals surface area contributed by atoms with Crippen molar-refractivity contribution in [2.75, 3.05) is 20.8 Å². The van der Waals surface area contributed by atoms with Crippen LogP contribution in [0, 0.1) is 0 Å². The summed E-state index contributed by atoms with van der Waals surface area (Å²) in [6, 6.07) is 15.1. The molecule has 31 heavy (non-hydrogen) atoms. The normalized spacial score (nSPS) is 17.1. The van der Waals surface area contributed by atoms with E-state index in [1.807, 2.05) is 36.5 Å². The highest BCUT2D eigenvalue weighted by Gasteiger charge is 2.32. The predicted octanol–water partition coefficient (Wildman–Crippen LogP) is 5.52. The van der Waals surface area contributed by atoms with Crippen molar-refractivity contribution < 1.29 is 22.6 Å². The lowest BCUT2D eigenvalue weighted by molar-refractivity contribution is -0.137. The minimum atomic E-state index is -4.35. The number of hydrogen-bond acceptors (Lipinski definition) is 3. The van der Waals surface area contributed by atoms with Crippen molar-refractivity contribution in [3.63, 3.8) is 0 Å². The molecule has 0 spiro atoms. The van der Waals surface area contributed by atoms with Gasteiger partial charge in [0.05, 0.1) is 25.8 Å². The topological polar surface area (TPSA) is 26.6 Å². The molecule has 0 saturated heterocycles. The first-order valence-corrected chi connectivity index (χ1v) is 10.2. The van der Waals surface area contributed by atoms with E-state index in [-0.39, 0.29) is 6.04 Å². The van der Waals surface area contributed by atoms with Gasteiger partial charge in [0.2, 0.25) is 0 Å². The van der Waals surface area contributed by atoms with Gasteiger partial charge >= 0.3 is 6.18 Å². The van der Waals surface area contributed by atoms with Crippen LogP contribution >= 0.6 is 0 Å². The maximum Gasteiger partial charge on any atom is 0.416 e. The van der Waals surface area contributed by atoms with Crippen LogP contribution < -0.4 is 9.47 Å². The Kier molecular flexibility index (Phi) is 5.96. The second kappa shape index (κ2) is 8.67. The average molecular weight is 430 g/mol. The SMILES string of the molecule is COc1cccc(CN2CCCn3cccc3C2c2ccc(C(F)(F)F)cc2)c1OC. The second-order valence-electron chi connectivity index (χ2n) is 7.63. The summed E-state index contributed by atoms with van der Waals surface area (Å²) in [5.41, 5.74) is 2.23. The molecule has 0 bridgehead atoms. The summed E-state index contributed by atoms with van der Waals surface area (Å²) in [6.07, 6.45) is -1.39. The van der Waals surface area contributed by atoms with Crippen LogP contribution in [-0.2, 0) is 19.3 Å². The zero-order chi connectivity index (χ0) is 22.0. The van der Waals surface area contributed by atoms with E-state index in [9.17, 15) is 13.2 Å². The van der Waals surface area contributed by atoms with Gasteiger partial charge in [0, 0.05) is 37.1 Å². The van der Waals surface area contributed by atoms with E-state index in [0.29, 0.717) is 18.0 Å². The van der Waals surface area contributed by atoms with Crippen molar-refractivity contribution in [1.82, 2.24) is 9.47 Å². The summed E-state index contributed by atoms with van der Waals surface area (Å²) in [5, 5.41) is 0. The molecule has 1 unspecified atom stereocenters. The molecule has 1 aliphatic heterocycles. The van der Waals surface area contributed by atoms with Crippen molar-refractivity contribution in [3.8, 4) is 11.5 Å². The number of hydrogen-bond donors (Lipinski definition) is 0. The minimum absolute atomic E-state index is 0.171. The zero-order valence-corrected chi connectivity index (χ0v) is 17.5. The van der Waals surface area contributed by atoms with Crippen LogP contribution in [0.2, 0.25) is 0 Å². The van der Waals surface area contributed by atoms with Gasteiger partial charge in [-0.2, -0.15) is 13.2 Å². The fraction of sp³-hybridized carbons (Fsp3) is 0.333. The standard InChI is InChI=1S/C24H25F3N2O2/c1-30-21-8-3-6-18(23(21)31-2)16-29-15-5-14-28-13-4-7-20(28)22(29)17-9-11-19(12-10-17)24(25,26)27/h3-4,6-13,22H,5,14-16H2,1-2H3.